The van der Waals surface area contributed by atoms with Gasteiger partial charge in [0.25, 0.3) is 0 Å². The molecule has 0 aliphatic rings. The zero-order chi connectivity index (χ0) is 13.0. The molecular weight excluding hydrogens is 224 g/mol. The third kappa shape index (κ3) is 3.44. The van der Waals surface area contributed by atoms with Crippen LogP contribution in [0.5, 0.6) is 11.5 Å². The number of nitrogen functional groups attached to an aromatic ring is 1. The van der Waals surface area contributed by atoms with Crippen LogP contribution in [-0.2, 0) is 4.74 Å². The van der Waals surface area contributed by atoms with E-state index in [1.807, 2.05) is 0 Å². The van der Waals surface area contributed by atoms with Crippen LogP contribution >= 0.6 is 0 Å². The highest BCUT2D eigenvalue weighted by molar-refractivity contribution is 5.88. The number of nitrogens with two attached hydrogens (primary N) is 1. The van der Waals surface area contributed by atoms with Gasteiger partial charge in [-0.2, -0.15) is 0 Å². The van der Waals surface area contributed by atoms with Gasteiger partial charge in [0, 0.05) is 12.1 Å². The Kier molecular flexibility index (Phi) is 4.03. The predicted octanol–water partition coefficient (Wildman–Crippen LogP) is 1.94. The van der Waals surface area contributed by atoms with Crippen LogP contribution in [-0.4, -0.2) is 24.4 Å². The van der Waals surface area contributed by atoms with Gasteiger partial charge >= 0.3 is 6.09 Å². The molecule has 17 heavy (non-hydrogen) atoms. The third-order valence-corrected chi connectivity index (χ3v) is 1.93. The quantitative estimate of drug-likeness (QED) is 0.554. The van der Waals surface area contributed by atoms with E-state index in [1.165, 1.54) is 19.2 Å². The van der Waals surface area contributed by atoms with Crippen molar-refractivity contribution in [2.24, 2.45) is 0 Å². The molecule has 6 heteroatoms. The van der Waals surface area contributed by atoms with Crippen LogP contribution in [0.15, 0.2) is 12.1 Å². The number of hydrogen-bond donors (Lipinski definition) is 3. The van der Waals surface area contributed by atoms with Crippen molar-refractivity contribution in [2.45, 2.75) is 20.0 Å². The number of rotatable bonds is 3. The summed E-state index contributed by atoms with van der Waals surface area (Å²) in [5, 5.41) is 12.0. The smallest absolute Gasteiger partial charge is 0.411 e. The van der Waals surface area contributed by atoms with E-state index in [0.717, 1.165) is 0 Å². The molecular formula is C11H16N2O4. The predicted molar refractivity (Wildman–Crippen MR) is 64.3 cm³/mol. The Balaban J connectivity index is 2.87. The highest BCUT2D eigenvalue weighted by Gasteiger charge is 2.12. The standard InChI is InChI=1S/C11H16N2O4/c1-6(2)17-11(15)13-8-5-10(16-3)7(12)4-9(8)14/h4-6,14H,12H2,1-3H3,(H,13,15). The topological polar surface area (TPSA) is 93.8 Å². The lowest BCUT2D eigenvalue weighted by Crippen LogP contribution is -2.18. The van der Waals surface area contributed by atoms with E-state index in [2.05, 4.69) is 5.32 Å². The van der Waals surface area contributed by atoms with E-state index in [0.29, 0.717) is 5.75 Å². The van der Waals surface area contributed by atoms with E-state index < -0.39 is 6.09 Å². The van der Waals surface area contributed by atoms with Crippen molar-refractivity contribution < 1.29 is 19.4 Å². The van der Waals surface area contributed by atoms with Crippen LogP contribution in [0.1, 0.15) is 13.8 Å². The summed E-state index contributed by atoms with van der Waals surface area (Å²) in [6, 6.07) is 2.72. The zero-order valence-electron chi connectivity index (χ0n) is 9.98. The van der Waals surface area contributed by atoms with Crippen LogP contribution in [0.2, 0.25) is 0 Å². The fourth-order valence-electron chi connectivity index (χ4n) is 1.21. The van der Waals surface area contributed by atoms with Gasteiger partial charge in [0.05, 0.1) is 24.6 Å². The average Bonchev–Trinajstić information content (AvgIpc) is 2.20. The van der Waals surface area contributed by atoms with Crippen molar-refractivity contribution in [3.05, 3.63) is 12.1 Å². The number of aromatic hydroxyl groups is 1. The number of methoxy groups -OCH3 is 1. The molecule has 94 valence electrons. The van der Waals surface area contributed by atoms with Crippen molar-refractivity contribution in [1.82, 2.24) is 0 Å². The number of hydrogen-bond acceptors (Lipinski definition) is 5. The molecule has 0 radical (unpaired) electrons. The maximum Gasteiger partial charge on any atom is 0.411 e. The zero-order valence-corrected chi connectivity index (χ0v) is 9.98. The Labute approximate surface area is 99.3 Å². The number of phenols is 1. The number of carbonyl (C=O) groups excluding carboxylic acids is 1. The highest BCUT2D eigenvalue weighted by Crippen LogP contribution is 2.33. The second-order valence-electron chi connectivity index (χ2n) is 3.69. The van der Waals surface area contributed by atoms with E-state index in [1.54, 1.807) is 13.8 Å². The van der Waals surface area contributed by atoms with Gasteiger partial charge in [0.15, 0.2) is 0 Å². The Morgan fingerprint density at radius 3 is 2.65 bits per heavy atom. The summed E-state index contributed by atoms with van der Waals surface area (Å²) in [7, 11) is 1.44. The molecule has 1 rings (SSSR count). The van der Waals surface area contributed by atoms with Gasteiger partial charge in [-0.25, -0.2) is 4.79 Å². The van der Waals surface area contributed by atoms with Crippen molar-refractivity contribution in [1.29, 1.82) is 0 Å². The first-order chi connectivity index (χ1) is 7.93. The Morgan fingerprint density at radius 1 is 1.47 bits per heavy atom. The minimum atomic E-state index is -0.651. The Hall–Kier alpha value is -2.11. The number of amides is 1. The van der Waals surface area contributed by atoms with Gasteiger partial charge in [0.2, 0.25) is 0 Å². The Bertz CT molecular complexity index is 418. The van der Waals surface area contributed by atoms with Gasteiger partial charge in [-0.3, -0.25) is 5.32 Å². The fraction of sp³-hybridized carbons (Fsp3) is 0.364. The molecule has 0 saturated carbocycles. The summed E-state index contributed by atoms with van der Waals surface area (Å²) in [6.45, 7) is 3.45. The molecule has 0 unspecified atom stereocenters. The molecule has 1 aromatic rings. The molecule has 0 bridgehead atoms. The maximum absolute atomic E-state index is 11.3. The first kappa shape index (κ1) is 13.0. The number of ether oxygens (including phenoxy) is 2. The van der Waals surface area contributed by atoms with E-state index >= 15 is 0 Å². The van der Waals surface area contributed by atoms with E-state index in [9.17, 15) is 9.90 Å². The lowest BCUT2D eigenvalue weighted by atomic mass is 10.2. The summed E-state index contributed by atoms with van der Waals surface area (Å²) >= 11 is 0. The normalized spacial score (nSPS) is 10.1. The van der Waals surface area contributed by atoms with Crippen LogP contribution in [0.3, 0.4) is 0 Å². The van der Waals surface area contributed by atoms with Gasteiger partial charge in [-0.05, 0) is 13.8 Å². The van der Waals surface area contributed by atoms with Gasteiger partial charge in [-0.15, -0.1) is 0 Å². The lowest BCUT2D eigenvalue weighted by molar-refractivity contribution is 0.130. The summed E-state index contributed by atoms with van der Waals surface area (Å²) in [5.74, 6) is 0.214. The first-order valence-corrected chi connectivity index (χ1v) is 5.08. The minimum absolute atomic E-state index is 0.149. The second-order valence-corrected chi connectivity index (χ2v) is 3.69. The van der Waals surface area contributed by atoms with Crippen molar-refractivity contribution in [3.8, 4) is 11.5 Å². The summed E-state index contributed by atoms with van der Waals surface area (Å²) in [4.78, 5) is 11.3. The van der Waals surface area contributed by atoms with Crippen LogP contribution in [0.4, 0.5) is 16.2 Å². The van der Waals surface area contributed by atoms with Crippen molar-refractivity contribution in [3.63, 3.8) is 0 Å². The number of anilines is 2. The molecule has 0 heterocycles. The summed E-state index contributed by atoms with van der Waals surface area (Å²) < 4.78 is 9.85. The molecule has 0 saturated heterocycles. The molecule has 0 aliphatic carbocycles. The van der Waals surface area contributed by atoms with Crippen LogP contribution in [0.25, 0.3) is 0 Å². The molecule has 1 aromatic carbocycles. The van der Waals surface area contributed by atoms with Crippen molar-refractivity contribution in [2.75, 3.05) is 18.2 Å². The fourth-order valence-corrected chi connectivity index (χ4v) is 1.21. The van der Waals surface area contributed by atoms with Crippen molar-refractivity contribution >= 4 is 17.5 Å². The number of nitrogens with one attached hydrogen (secondary N) is 1. The molecule has 0 spiro atoms. The maximum atomic E-state index is 11.3. The molecule has 0 aromatic heterocycles. The van der Waals surface area contributed by atoms with Crippen LogP contribution < -0.4 is 15.8 Å². The van der Waals surface area contributed by atoms with Gasteiger partial charge < -0.3 is 20.3 Å². The van der Waals surface area contributed by atoms with Crippen LogP contribution in [0, 0.1) is 0 Å². The minimum Gasteiger partial charge on any atom is -0.506 e. The molecule has 0 fully saturated rings. The first-order valence-electron chi connectivity index (χ1n) is 5.08. The lowest BCUT2D eigenvalue weighted by Gasteiger charge is -2.12. The molecule has 6 nitrogen and oxygen atoms in total. The number of benzene rings is 1. The molecule has 0 atom stereocenters. The second kappa shape index (κ2) is 5.29. The van der Waals surface area contributed by atoms with E-state index in [-0.39, 0.29) is 23.2 Å². The van der Waals surface area contributed by atoms with E-state index in [4.69, 9.17) is 15.2 Å². The largest absolute Gasteiger partial charge is 0.506 e. The monoisotopic (exact) mass is 240 g/mol. The van der Waals surface area contributed by atoms with Gasteiger partial charge in [-0.1, -0.05) is 0 Å². The third-order valence-electron chi connectivity index (χ3n) is 1.93. The SMILES string of the molecule is COc1cc(NC(=O)OC(C)C)c(O)cc1N. The molecule has 0 aliphatic heterocycles. The highest BCUT2D eigenvalue weighted by atomic mass is 16.6. The average molecular weight is 240 g/mol. The molecule has 4 N–H and O–H groups in total. The Morgan fingerprint density at radius 2 is 2.12 bits per heavy atom. The number of carbonyl (C=O) groups is 1. The summed E-state index contributed by atoms with van der Waals surface area (Å²) in [6.07, 6.45) is -0.894. The summed E-state index contributed by atoms with van der Waals surface area (Å²) in [5.41, 5.74) is 6.05. The van der Waals surface area contributed by atoms with Gasteiger partial charge in [0.1, 0.15) is 11.5 Å². The molecule has 1 amide bonds. The number of phenolic OH excluding ortho intramolecular Hbond substituents is 1.